The van der Waals surface area contributed by atoms with Crippen LogP contribution in [0.3, 0.4) is 0 Å². The summed E-state index contributed by atoms with van der Waals surface area (Å²) < 4.78 is 1.11. The van der Waals surface area contributed by atoms with Crippen molar-refractivity contribution in [3.8, 4) is 0 Å². The molecule has 0 radical (unpaired) electrons. The Hall–Kier alpha value is -0.520. The zero-order valence-electron chi connectivity index (χ0n) is 10.9. The summed E-state index contributed by atoms with van der Waals surface area (Å²) in [5.41, 5.74) is 2.46. The van der Waals surface area contributed by atoms with Crippen molar-refractivity contribution in [2.24, 2.45) is 0 Å². The van der Waals surface area contributed by atoms with E-state index >= 15 is 0 Å². The molecule has 1 heterocycles. The number of halogens is 1. The fraction of sp³-hybridized carbons (Fsp3) is 0.500. The van der Waals surface area contributed by atoms with E-state index in [0.717, 1.165) is 29.1 Å². The Labute approximate surface area is 126 Å². The molecule has 19 heavy (non-hydrogen) atoms. The summed E-state index contributed by atoms with van der Waals surface area (Å²) in [6.45, 7) is 3.85. The van der Waals surface area contributed by atoms with Crippen LogP contribution in [-0.4, -0.2) is 40.1 Å². The summed E-state index contributed by atoms with van der Waals surface area (Å²) in [4.78, 5) is 13.2. The number of thioether (sulfide) groups is 1. The first-order valence-electron chi connectivity index (χ1n) is 6.35. The van der Waals surface area contributed by atoms with Gasteiger partial charge < -0.3 is 5.11 Å². The molecule has 1 atom stereocenters. The zero-order valence-corrected chi connectivity index (χ0v) is 13.3. The Morgan fingerprint density at radius 1 is 1.58 bits per heavy atom. The van der Waals surface area contributed by atoms with Gasteiger partial charge in [0.15, 0.2) is 0 Å². The van der Waals surface area contributed by atoms with E-state index in [1.54, 1.807) is 0 Å². The molecule has 3 nitrogen and oxygen atoms in total. The van der Waals surface area contributed by atoms with Crippen molar-refractivity contribution in [1.82, 2.24) is 4.90 Å². The first-order valence-corrected chi connectivity index (χ1v) is 8.29. The summed E-state index contributed by atoms with van der Waals surface area (Å²) in [5.74, 6) is 1.29. The summed E-state index contributed by atoms with van der Waals surface area (Å²) in [5, 5.41) is 9.00. The molecular formula is C14H18BrNO2S. The second-order valence-electron chi connectivity index (χ2n) is 4.89. The average molecular weight is 344 g/mol. The summed E-state index contributed by atoms with van der Waals surface area (Å²) in [6.07, 6.45) is 0.233. The first kappa shape index (κ1) is 14.9. The molecule has 104 valence electrons. The third-order valence-electron chi connectivity index (χ3n) is 3.34. The minimum absolute atomic E-state index is 0.143. The van der Waals surface area contributed by atoms with Gasteiger partial charge in [-0.15, -0.1) is 0 Å². The minimum atomic E-state index is -0.708. The number of hydrogen-bond donors (Lipinski definition) is 1. The van der Waals surface area contributed by atoms with E-state index in [4.69, 9.17) is 5.11 Å². The smallest absolute Gasteiger partial charge is 0.304 e. The van der Waals surface area contributed by atoms with Crippen molar-refractivity contribution in [1.29, 1.82) is 0 Å². The number of aliphatic carboxylic acids is 1. The maximum absolute atomic E-state index is 10.9. The highest BCUT2D eigenvalue weighted by molar-refractivity contribution is 9.10. The van der Waals surface area contributed by atoms with Crippen molar-refractivity contribution in [3.05, 3.63) is 33.8 Å². The lowest BCUT2D eigenvalue weighted by Crippen LogP contribution is -2.43. The Balaban J connectivity index is 2.08. The van der Waals surface area contributed by atoms with Crippen molar-refractivity contribution in [3.63, 3.8) is 0 Å². The Bertz CT molecular complexity index is 467. The van der Waals surface area contributed by atoms with Crippen LogP contribution in [0, 0.1) is 6.92 Å². The predicted octanol–water partition coefficient (Wildman–Crippen LogP) is 3.15. The lowest BCUT2D eigenvalue weighted by molar-refractivity contribution is -0.138. The van der Waals surface area contributed by atoms with Gasteiger partial charge in [-0.1, -0.05) is 28.1 Å². The third-order valence-corrected chi connectivity index (χ3v) is 5.17. The van der Waals surface area contributed by atoms with Crippen molar-refractivity contribution in [2.75, 3.05) is 18.1 Å². The molecule has 1 aliphatic rings. The van der Waals surface area contributed by atoms with Crippen molar-refractivity contribution < 1.29 is 9.90 Å². The molecule has 0 amide bonds. The Morgan fingerprint density at radius 3 is 3.05 bits per heavy atom. The number of hydrogen-bond acceptors (Lipinski definition) is 3. The van der Waals surface area contributed by atoms with Crippen LogP contribution in [0.25, 0.3) is 0 Å². The quantitative estimate of drug-likeness (QED) is 0.911. The van der Waals surface area contributed by atoms with E-state index in [9.17, 15) is 4.79 Å². The molecule has 1 unspecified atom stereocenters. The monoisotopic (exact) mass is 343 g/mol. The van der Waals surface area contributed by atoms with Gasteiger partial charge in [-0.2, -0.15) is 11.8 Å². The Morgan fingerprint density at radius 2 is 2.37 bits per heavy atom. The van der Waals surface area contributed by atoms with Gasteiger partial charge in [0, 0.05) is 35.1 Å². The summed E-state index contributed by atoms with van der Waals surface area (Å²) in [6, 6.07) is 6.48. The molecule has 1 aromatic rings. The van der Waals surface area contributed by atoms with Crippen LogP contribution >= 0.6 is 27.7 Å². The lowest BCUT2D eigenvalue weighted by Gasteiger charge is -2.34. The number of rotatable bonds is 4. The van der Waals surface area contributed by atoms with Gasteiger partial charge in [0.2, 0.25) is 0 Å². The minimum Gasteiger partial charge on any atom is -0.481 e. The standard InChI is InChI=1S/C14H18BrNO2S/c1-10-2-3-11(13(15)6-10)8-16-4-5-19-9-12(16)7-14(17)18/h2-3,6,12H,4-5,7-9H2,1H3,(H,17,18). The van der Waals surface area contributed by atoms with E-state index < -0.39 is 5.97 Å². The number of nitrogens with zero attached hydrogens (tertiary/aromatic N) is 1. The van der Waals surface area contributed by atoms with Crippen LogP contribution in [-0.2, 0) is 11.3 Å². The topological polar surface area (TPSA) is 40.5 Å². The highest BCUT2D eigenvalue weighted by atomic mass is 79.9. The molecule has 0 aromatic heterocycles. The number of carbonyl (C=O) groups is 1. The lowest BCUT2D eigenvalue weighted by atomic mass is 10.1. The van der Waals surface area contributed by atoms with E-state index in [1.165, 1.54) is 11.1 Å². The van der Waals surface area contributed by atoms with Gasteiger partial charge in [0.1, 0.15) is 0 Å². The van der Waals surface area contributed by atoms with Crippen molar-refractivity contribution in [2.45, 2.75) is 25.9 Å². The van der Waals surface area contributed by atoms with Crippen LogP contribution in [0.1, 0.15) is 17.5 Å². The SMILES string of the molecule is Cc1ccc(CN2CCSCC2CC(=O)O)c(Br)c1. The summed E-state index contributed by atoms with van der Waals surface area (Å²) in [7, 11) is 0. The van der Waals surface area contributed by atoms with Crippen molar-refractivity contribution >= 4 is 33.7 Å². The fourth-order valence-electron chi connectivity index (χ4n) is 2.29. The third kappa shape index (κ3) is 4.23. The van der Waals surface area contributed by atoms with Crippen LogP contribution < -0.4 is 0 Å². The van der Waals surface area contributed by atoms with Gasteiger partial charge in [0.05, 0.1) is 6.42 Å². The van der Waals surface area contributed by atoms with E-state index in [2.05, 4.69) is 46.0 Å². The largest absolute Gasteiger partial charge is 0.481 e. The van der Waals surface area contributed by atoms with E-state index in [0.29, 0.717) is 0 Å². The fourth-order valence-corrected chi connectivity index (χ4v) is 4.04. The van der Waals surface area contributed by atoms with Gasteiger partial charge in [-0.05, 0) is 24.1 Å². The van der Waals surface area contributed by atoms with Crippen LogP contribution in [0.15, 0.2) is 22.7 Å². The molecule has 0 aliphatic carbocycles. The molecule has 0 saturated carbocycles. The predicted molar refractivity (Wildman–Crippen MR) is 82.7 cm³/mol. The normalized spacial score (nSPS) is 20.4. The molecule has 0 bridgehead atoms. The van der Waals surface area contributed by atoms with Crippen LogP contribution in [0.5, 0.6) is 0 Å². The molecule has 1 saturated heterocycles. The van der Waals surface area contributed by atoms with E-state index in [1.807, 2.05) is 11.8 Å². The van der Waals surface area contributed by atoms with Gasteiger partial charge in [0.25, 0.3) is 0 Å². The molecule has 5 heteroatoms. The molecule has 0 spiro atoms. The van der Waals surface area contributed by atoms with Gasteiger partial charge >= 0.3 is 5.97 Å². The summed E-state index contributed by atoms with van der Waals surface area (Å²) >= 11 is 5.45. The first-order chi connectivity index (χ1) is 9.06. The molecule has 1 aliphatic heterocycles. The average Bonchev–Trinajstić information content (AvgIpc) is 2.34. The number of carboxylic acids is 1. The second kappa shape index (κ2) is 6.77. The molecule has 1 aromatic carbocycles. The maximum atomic E-state index is 10.9. The number of benzene rings is 1. The molecule has 2 rings (SSSR count). The highest BCUT2D eigenvalue weighted by Crippen LogP contribution is 2.25. The number of aryl methyl sites for hydroxylation is 1. The highest BCUT2D eigenvalue weighted by Gasteiger charge is 2.25. The Kier molecular flexibility index (Phi) is 5.30. The van der Waals surface area contributed by atoms with Crippen LogP contribution in [0.4, 0.5) is 0 Å². The van der Waals surface area contributed by atoms with Gasteiger partial charge in [-0.3, -0.25) is 9.69 Å². The number of carboxylic acid groups (broad SMARTS) is 1. The maximum Gasteiger partial charge on any atom is 0.304 e. The molecular weight excluding hydrogens is 326 g/mol. The van der Waals surface area contributed by atoms with Gasteiger partial charge in [-0.25, -0.2) is 0 Å². The molecule has 1 N–H and O–H groups in total. The molecule has 1 fully saturated rings. The second-order valence-corrected chi connectivity index (χ2v) is 6.90. The zero-order chi connectivity index (χ0) is 13.8. The van der Waals surface area contributed by atoms with Crippen LogP contribution in [0.2, 0.25) is 0 Å². The van der Waals surface area contributed by atoms with E-state index in [-0.39, 0.29) is 12.5 Å².